The zero-order valence-electron chi connectivity index (χ0n) is 17.6. The molecule has 1 fully saturated rings. The molecule has 1 amide bonds. The van der Waals surface area contributed by atoms with Crippen molar-refractivity contribution in [2.24, 2.45) is 5.92 Å². The highest BCUT2D eigenvalue weighted by Gasteiger charge is 2.27. The van der Waals surface area contributed by atoms with Crippen LogP contribution in [0.1, 0.15) is 35.7 Å². The molecule has 4 rings (SSSR count). The maximum atomic E-state index is 13.1. The Morgan fingerprint density at radius 3 is 2.39 bits per heavy atom. The normalized spacial score (nSPS) is 16.0. The molecule has 1 saturated heterocycles. The minimum Gasteiger partial charge on any atom is -0.343 e. The van der Waals surface area contributed by atoms with E-state index in [9.17, 15) is 4.79 Å². The molecule has 1 aliphatic heterocycles. The Morgan fingerprint density at radius 2 is 1.71 bits per heavy atom. The predicted octanol–water partition coefficient (Wildman–Crippen LogP) is 4.90. The molecule has 1 unspecified atom stereocenters. The first-order chi connectivity index (χ1) is 15.2. The topological polar surface area (TPSA) is 45.2 Å². The number of piperidine rings is 1. The van der Waals surface area contributed by atoms with Crippen molar-refractivity contribution in [2.75, 3.05) is 19.6 Å². The Bertz CT molecular complexity index is 955. The summed E-state index contributed by atoms with van der Waals surface area (Å²) in [6, 6.07) is 23.7. The second-order valence-corrected chi connectivity index (χ2v) is 8.54. The van der Waals surface area contributed by atoms with Crippen LogP contribution in [0.25, 0.3) is 0 Å². The van der Waals surface area contributed by atoms with E-state index >= 15 is 0 Å². The molecule has 4 nitrogen and oxygen atoms in total. The summed E-state index contributed by atoms with van der Waals surface area (Å²) in [5.41, 5.74) is 3.18. The van der Waals surface area contributed by atoms with E-state index in [1.54, 1.807) is 6.20 Å². The van der Waals surface area contributed by atoms with Gasteiger partial charge in [0, 0.05) is 23.7 Å². The zero-order chi connectivity index (χ0) is 21.5. The molecule has 0 radical (unpaired) electrons. The van der Waals surface area contributed by atoms with Crippen molar-refractivity contribution in [2.45, 2.75) is 25.3 Å². The number of hydrogen-bond acceptors (Lipinski definition) is 3. The van der Waals surface area contributed by atoms with Crippen LogP contribution < -0.4 is 5.32 Å². The van der Waals surface area contributed by atoms with E-state index in [-0.39, 0.29) is 17.9 Å². The summed E-state index contributed by atoms with van der Waals surface area (Å²) in [6.45, 7) is 2.96. The molecule has 31 heavy (non-hydrogen) atoms. The van der Waals surface area contributed by atoms with Crippen LogP contribution in [0.2, 0.25) is 5.02 Å². The molecular weight excluding hydrogens is 406 g/mol. The Balaban J connectivity index is 1.35. The molecule has 2 aromatic carbocycles. The minimum absolute atomic E-state index is 0.0338. The van der Waals surface area contributed by atoms with Gasteiger partial charge in [0.05, 0.1) is 11.7 Å². The van der Waals surface area contributed by atoms with Gasteiger partial charge < -0.3 is 10.2 Å². The van der Waals surface area contributed by atoms with Gasteiger partial charge in [0.1, 0.15) is 0 Å². The summed E-state index contributed by atoms with van der Waals surface area (Å²) < 4.78 is 0. The molecule has 2 heterocycles. The molecule has 1 N–H and O–H groups in total. The molecule has 0 bridgehead atoms. The fraction of sp³-hybridized carbons (Fsp3) is 0.308. The van der Waals surface area contributed by atoms with E-state index in [2.05, 4.69) is 45.5 Å². The first kappa shape index (κ1) is 21.5. The van der Waals surface area contributed by atoms with E-state index < -0.39 is 0 Å². The molecular formula is C26H28ClN3O. The van der Waals surface area contributed by atoms with Crippen LogP contribution in [0.5, 0.6) is 0 Å². The lowest BCUT2D eigenvalue weighted by molar-refractivity contribution is -0.127. The highest BCUT2D eigenvalue weighted by Crippen LogP contribution is 2.25. The molecule has 0 saturated carbocycles. The number of halogens is 1. The van der Waals surface area contributed by atoms with Crippen LogP contribution in [0.3, 0.4) is 0 Å². The van der Waals surface area contributed by atoms with Crippen LogP contribution in [-0.4, -0.2) is 35.4 Å². The summed E-state index contributed by atoms with van der Waals surface area (Å²) in [6.07, 6.45) is 4.58. The number of carbonyl (C=O) groups is 1. The third kappa shape index (κ3) is 5.93. The largest absolute Gasteiger partial charge is 0.343 e. The summed E-state index contributed by atoms with van der Waals surface area (Å²) >= 11 is 6.06. The number of nitrogens with zero attached hydrogens (tertiary/aromatic N) is 2. The quantitative estimate of drug-likeness (QED) is 0.576. The minimum atomic E-state index is -0.276. The van der Waals surface area contributed by atoms with E-state index in [0.29, 0.717) is 5.02 Å². The zero-order valence-corrected chi connectivity index (χ0v) is 18.3. The first-order valence-corrected chi connectivity index (χ1v) is 11.3. The number of hydrogen-bond donors (Lipinski definition) is 1. The van der Waals surface area contributed by atoms with Crippen molar-refractivity contribution < 1.29 is 4.79 Å². The maximum absolute atomic E-state index is 13.1. The number of rotatable bonds is 7. The number of aromatic nitrogens is 1. The van der Waals surface area contributed by atoms with E-state index in [1.807, 2.05) is 42.5 Å². The van der Waals surface area contributed by atoms with Crippen molar-refractivity contribution in [3.63, 3.8) is 0 Å². The molecule has 0 spiro atoms. The van der Waals surface area contributed by atoms with Gasteiger partial charge >= 0.3 is 0 Å². The van der Waals surface area contributed by atoms with Gasteiger partial charge in [-0.25, -0.2) is 0 Å². The van der Waals surface area contributed by atoms with E-state index in [0.717, 1.165) is 50.2 Å². The Hall–Kier alpha value is -2.69. The average Bonchev–Trinajstić information content (AvgIpc) is 2.83. The van der Waals surface area contributed by atoms with Gasteiger partial charge in [0.2, 0.25) is 5.91 Å². The average molecular weight is 434 g/mol. The molecule has 1 aromatic heterocycles. The van der Waals surface area contributed by atoms with Crippen LogP contribution in [0.15, 0.2) is 79.0 Å². The van der Waals surface area contributed by atoms with Crippen molar-refractivity contribution in [1.82, 2.24) is 15.2 Å². The number of amides is 1. The SMILES string of the molecule is O=C(NC(c1ccc(Cl)cc1)c1ccccn1)C1CCN(CCc2ccccc2)CC1. The van der Waals surface area contributed by atoms with Crippen molar-refractivity contribution in [3.05, 3.63) is 101 Å². The number of likely N-dealkylation sites (tertiary alicyclic amines) is 1. The van der Waals surface area contributed by atoms with Crippen LogP contribution >= 0.6 is 11.6 Å². The third-order valence-corrected chi connectivity index (χ3v) is 6.24. The van der Waals surface area contributed by atoms with Gasteiger partial charge in [0.15, 0.2) is 0 Å². The second-order valence-electron chi connectivity index (χ2n) is 8.10. The molecule has 3 aromatic rings. The summed E-state index contributed by atoms with van der Waals surface area (Å²) in [7, 11) is 0. The summed E-state index contributed by atoms with van der Waals surface area (Å²) in [4.78, 5) is 20.1. The van der Waals surface area contributed by atoms with Crippen molar-refractivity contribution in [3.8, 4) is 0 Å². The maximum Gasteiger partial charge on any atom is 0.224 e. The number of pyridine rings is 1. The summed E-state index contributed by atoms with van der Waals surface area (Å²) in [5.74, 6) is 0.139. The lowest BCUT2D eigenvalue weighted by atomic mass is 9.94. The smallest absolute Gasteiger partial charge is 0.224 e. The second kappa shape index (κ2) is 10.6. The Labute approximate surface area is 189 Å². The van der Waals surface area contributed by atoms with Crippen LogP contribution in [0.4, 0.5) is 0 Å². The monoisotopic (exact) mass is 433 g/mol. The molecule has 1 atom stereocenters. The molecule has 0 aliphatic carbocycles. The van der Waals surface area contributed by atoms with Gasteiger partial charge in [0.25, 0.3) is 0 Å². The number of nitrogens with one attached hydrogen (secondary N) is 1. The van der Waals surface area contributed by atoms with Gasteiger partial charge in [-0.2, -0.15) is 0 Å². The predicted molar refractivity (Wildman–Crippen MR) is 125 cm³/mol. The van der Waals surface area contributed by atoms with Crippen molar-refractivity contribution in [1.29, 1.82) is 0 Å². The standard InChI is InChI=1S/C26H28ClN3O/c27-23-11-9-21(10-12-23)25(24-8-4-5-16-28-24)29-26(31)22-14-18-30(19-15-22)17-13-20-6-2-1-3-7-20/h1-12,16,22,25H,13-15,17-19H2,(H,29,31). The lowest BCUT2D eigenvalue weighted by Gasteiger charge is -2.32. The van der Waals surface area contributed by atoms with Crippen LogP contribution in [0, 0.1) is 5.92 Å². The third-order valence-electron chi connectivity index (χ3n) is 5.99. The van der Waals surface area contributed by atoms with E-state index in [1.165, 1.54) is 5.56 Å². The van der Waals surface area contributed by atoms with Crippen molar-refractivity contribution >= 4 is 17.5 Å². The molecule has 5 heteroatoms. The number of benzene rings is 2. The first-order valence-electron chi connectivity index (χ1n) is 10.9. The molecule has 1 aliphatic rings. The Morgan fingerprint density at radius 1 is 1.00 bits per heavy atom. The fourth-order valence-corrected chi connectivity index (χ4v) is 4.27. The number of carbonyl (C=O) groups excluding carboxylic acids is 1. The Kier molecular flexibility index (Phi) is 7.34. The fourth-order valence-electron chi connectivity index (χ4n) is 4.14. The summed E-state index contributed by atoms with van der Waals surface area (Å²) in [5, 5.41) is 3.93. The van der Waals surface area contributed by atoms with Gasteiger partial charge in [-0.1, -0.05) is 60.1 Å². The van der Waals surface area contributed by atoms with Gasteiger partial charge in [-0.05, 0) is 67.7 Å². The van der Waals surface area contributed by atoms with Gasteiger partial charge in [-0.15, -0.1) is 0 Å². The highest BCUT2D eigenvalue weighted by atomic mass is 35.5. The van der Waals surface area contributed by atoms with E-state index in [4.69, 9.17) is 11.6 Å². The van der Waals surface area contributed by atoms with Gasteiger partial charge in [-0.3, -0.25) is 9.78 Å². The van der Waals surface area contributed by atoms with Crippen LogP contribution in [-0.2, 0) is 11.2 Å². The molecule has 160 valence electrons. The highest BCUT2D eigenvalue weighted by molar-refractivity contribution is 6.30. The lowest BCUT2D eigenvalue weighted by Crippen LogP contribution is -2.42.